The van der Waals surface area contributed by atoms with Crippen LogP contribution in [0.2, 0.25) is 0 Å². The van der Waals surface area contributed by atoms with Gasteiger partial charge in [-0.05, 0) is 37.1 Å². The number of pyridine rings is 1. The van der Waals surface area contributed by atoms with Crippen LogP contribution in [-0.4, -0.2) is 29.9 Å². The standard InChI is InChI=1S/C17H19N3O2/c1-13-4-2-6-15(10-13)17(22)20-12-16(21)19-9-7-14-5-3-8-18-11-14/h2-6,8,10-11H,7,9,12H2,1H3,(H,19,21)(H,20,22). The first kappa shape index (κ1) is 15.7. The minimum absolute atomic E-state index is 0.0280. The second kappa shape index (κ2) is 7.93. The van der Waals surface area contributed by atoms with Crippen molar-refractivity contribution in [3.05, 3.63) is 65.5 Å². The van der Waals surface area contributed by atoms with E-state index in [1.165, 1.54) is 0 Å². The van der Waals surface area contributed by atoms with Crippen LogP contribution in [0.1, 0.15) is 21.5 Å². The summed E-state index contributed by atoms with van der Waals surface area (Å²) in [4.78, 5) is 27.6. The highest BCUT2D eigenvalue weighted by Crippen LogP contribution is 2.03. The van der Waals surface area contributed by atoms with Crippen LogP contribution in [0.3, 0.4) is 0 Å². The molecule has 1 aromatic heterocycles. The summed E-state index contributed by atoms with van der Waals surface area (Å²) in [6.07, 6.45) is 4.19. The first-order valence-electron chi connectivity index (χ1n) is 7.15. The van der Waals surface area contributed by atoms with Gasteiger partial charge in [0.05, 0.1) is 6.54 Å². The Morgan fingerprint density at radius 3 is 2.73 bits per heavy atom. The van der Waals surface area contributed by atoms with Gasteiger partial charge in [-0.2, -0.15) is 0 Å². The minimum atomic E-state index is -0.244. The van der Waals surface area contributed by atoms with Gasteiger partial charge >= 0.3 is 0 Å². The van der Waals surface area contributed by atoms with Crippen LogP contribution < -0.4 is 10.6 Å². The van der Waals surface area contributed by atoms with Gasteiger partial charge in [0, 0.05) is 24.5 Å². The maximum Gasteiger partial charge on any atom is 0.251 e. The van der Waals surface area contributed by atoms with E-state index in [4.69, 9.17) is 0 Å². The first-order chi connectivity index (χ1) is 10.6. The maximum atomic E-state index is 11.9. The lowest BCUT2D eigenvalue weighted by Crippen LogP contribution is -2.37. The van der Waals surface area contributed by atoms with Crippen LogP contribution in [-0.2, 0) is 11.2 Å². The highest BCUT2D eigenvalue weighted by atomic mass is 16.2. The lowest BCUT2D eigenvalue weighted by molar-refractivity contribution is -0.120. The van der Waals surface area contributed by atoms with E-state index in [1.807, 2.05) is 31.2 Å². The van der Waals surface area contributed by atoms with E-state index in [0.717, 1.165) is 11.1 Å². The molecule has 0 atom stereocenters. The van der Waals surface area contributed by atoms with Crippen molar-refractivity contribution in [3.8, 4) is 0 Å². The average Bonchev–Trinajstić information content (AvgIpc) is 2.53. The molecule has 1 heterocycles. The fourth-order valence-electron chi connectivity index (χ4n) is 2.00. The largest absolute Gasteiger partial charge is 0.354 e. The molecule has 2 rings (SSSR count). The predicted octanol–water partition coefficient (Wildman–Crippen LogP) is 1.48. The molecule has 0 saturated heterocycles. The van der Waals surface area contributed by atoms with Gasteiger partial charge in [-0.15, -0.1) is 0 Å². The molecule has 0 fully saturated rings. The van der Waals surface area contributed by atoms with Gasteiger partial charge in [0.25, 0.3) is 5.91 Å². The number of amides is 2. The van der Waals surface area contributed by atoms with Crippen LogP contribution in [0, 0.1) is 6.92 Å². The smallest absolute Gasteiger partial charge is 0.251 e. The van der Waals surface area contributed by atoms with Gasteiger partial charge < -0.3 is 10.6 Å². The summed E-state index contributed by atoms with van der Waals surface area (Å²) in [7, 11) is 0. The molecule has 0 aliphatic heterocycles. The number of benzene rings is 1. The Balaban J connectivity index is 1.70. The second-order valence-electron chi connectivity index (χ2n) is 5.01. The van der Waals surface area contributed by atoms with E-state index in [1.54, 1.807) is 24.5 Å². The molecule has 114 valence electrons. The van der Waals surface area contributed by atoms with Crippen molar-refractivity contribution in [1.82, 2.24) is 15.6 Å². The molecule has 0 radical (unpaired) electrons. The normalized spacial score (nSPS) is 10.0. The van der Waals surface area contributed by atoms with Crippen molar-refractivity contribution in [2.24, 2.45) is 0 Å². The zero-order valence-electron chi connectivity index (χ0n) is 12.5. The predicted molar refractivity (Wildman–Crippen MR) is 84.5 cm³/mol. The van der Waals surface area contributed by atoms with Crippen LogP contribution >= 0.6 is 0 Å². The van der Waals surface area contributed by atoms with E-state index in [2.05, 4.69) is 15.6 Å². The molecule has 0 saturated carbocycles. The topological polar surface area (TPSA) is 71.1 Å². The second-order valence-corrected chi connectivity index (χ2v) is 5.01. The molecule has 0 unspecified atom stereocenters. The van der Waals surface area contributed by atoms with Gasteiger partial charge in [-0.3, -0.25) is 14.6 Å². The summed E-state index contributed by atoms with van der Waals surface area (Å²) in [6.45, 7) is 2.41. The number of aromatic nitrogens is 1. The Labute approximate surface area is 129 Å². The summed E-state index contributed by atoms with van der Waals surface area (Å²) in [6, 6.07) is 11.1. The summed E-state index contributed by atoms with van der Waals surface area (Å²) >= 11 is 0. The quantitative estimate of drug-likeness (QED) is 0.848. The number of rotatable bonds is 6. The molecular weight excluding hydrogens is 278 g/mol. The zero-order chi connectivity index (χ0) is 15.8. The lowest BCUT2D eigenvalue weighted by Gasteiger charge is -2.07. The molecule has 0 spiro atoms. The summed E-state index contributed by atoms with van der Waals surface area (Å²) < 4.78 is 0. The summed E-state index contributed by atoms with van der Waals surface area (Å²) in [5, 5.41) is 5.38. The fourth-order valence-corrected chi connectivity index (χ4v) is 2.00. The Kier molecular flexibility index (Phi) is 5.65. The Bertz CT molecular complexity index is 641. The average molecular weight is 297 g/mol. The van der Waals surface area contributed by atoms with E-state index in [-0.39, 0.29) is 18.4 Å². The molecule has 5 nitrogen and oxygen atoms in total. The molecule has 0 aliphatic rings. The molecule has 2 amide bonds. The monoisotopic (exact) mass is 297 g/mol. The third kappa shape index (κ3) is 5.01. The molecular formula is C17H19N3O2. The van der Waals surface area contributed by atoms with Crippen LogP contribution in [0.25, 0.3) is 0 Å². The van der Waals surface area contributed by atoms with Crippen LogP contribution in [0.5, 0.6) is 0 Å². The van der Waals surface area contributed by atoms with E-state index >= 15 is 0 Å². The molecule has 0 bridgehead atoms. The van der Waals surface area contributed by atoms with Crippen molar-refractivity contribution in [2.45, 2.75) is 13.3 Å². The van der Waals surface area contributed by atoms with Gasteiger partial charge in [-0.25, -0.2) is 0 Å². The van der Waals surface area contributed by atoms with Crippen molar-refractivity contribution in [3.63, 3.8) is 0 Å². The number of hydrogen-bond donors (Lipinski definition) is 2. The fraction of sp³-hybridized carbons (Fsp3) is 0.235. The SMILES string of the molecule is Cc1cccc(C(=O)NCC(=O)NCCc2cccnc2)c1. The molecule has 2 N–H and O–H groups in total. The van der Waals surface area contributed by atoms with Gasteiger partial charge in [0.1, 0.15) is 0 Å². The Hall–Kier alpha value is -2.69. The van der Waals surface area contributed by atoms with Gasteiger partial charge in [0.2, 0.25) is 5.91 Å². The van der Waals surface area contributed by atoms with Crippen molar-refractivity contribution in [2.75, 3.05) is 13.1 Å². The lowest BCUT2D eigenvalue weighted by atomic mass is 10.1. The third-order valence-corrected chi connectivity index (χ3v) is 3.15. The molecule has 5 heteroatoms. The van der Waals surface area contributed by atoms with E-state index in [0.29, 0.717) is 18.5 Å². The number of hydrogen-bond acceptors (Lipinski definition) is 3. The zero-order valence-corrected chi connectivity index (χ0v) is 12.5. The van der Waals surface area contributed by atoms with Gasteiger partial charge in [0.15, 0.2) is 0 Å². The van der Waals surface area contributed by atoms with E-state index < -0.39 is 0 Å². The number of nitrogens with zero attached hydrogens (tertiary/aromatic N) is 1. The molecule has 1 aromatic carbocycles. The van der Waals surface area contributed by atoms with Crippen molar-refractivity contribution in [1.29, 1.82) is 0 Å². The first-order valence-corrected chi connectivity index (χ1v) is 7.15. The summed E-state index contributed by atoms with van der Waals surface area (Å²) in [5.41, 5.74) is 2.63. The number of carbonyl (C=O) groups is 2. The van der Waals surface area contributed by atoms with Crippen molar-refractivity contribution >= 4 is 11.8 Å². The van der Waals surface area contributed by atoms with Crippen LogP contribution in [0.4, 0.5) is 0 Å². The molecule has 22 heavy (non-hydrogen) atoms. The molecule has 2 aromatic rings. The third-order valence-electron chi connectivity index (χ3n) is 3.15. The van der Waals surface area contributed by atoms with Crippen LogP contribution in [0.15, 0.2) is 48.8 Å². The highest BCUT2D eigenvalue weighted by molar-refractivity contribution is 5.96. The summed E-state index contributed by atoms with van der Waals surface area (Å²) in [5.74, 6) is -0.448. The van der Waals surface area contributed by atoms with Gasteiger partial charge in [-0.1, -0.05) is 23.8 Å². The molecule has 0 aliphatic carbocycles. The van der Waals surface area contributed by atoms with E-state index in [9.17, 15) is 9.59 Å². The maximum absolute atomic E-state index is 11.9. The number of nitrogens with one attached hydrogen (secondary N) is 2. The Morgan fingerprint density at radius 1 is 1.14 bits per heavy atom. The Morgan fingerprint density at radius 2 is 2.00 bits per heavy atom. The number of carbonyl (C=O) groups excluding carboxylic acids is 2. The number of aryl methyl sites for hydroxylation is 1. The highest BCUT2D eigenvalue weighted by Gasteiger charge is 2.07. The van der Waals surface area contributed by atoms with Crippen molar-refractivity contribution < 1.29 is 9.59 Å². The minimum Gasteiger partial charge on any atom is -0.354 e.